The maximum Gasteiger partial charge on any atom is 0.276 e. The van der Waals surface area contributed by atoms with E-state index in [0.29, 0.717) is 23.4 Å². The molecule has 0 aliphatic rings. The van der Waals surface area contributed by atoms with Crippen LogP contribution in [0.2, 0.25) is 0 Å². The molecule has 4 nitrogen and oxygen atoms in total. The Morgan fingerprint density at radius 2 is 1.95 bits per heavy atom. The molecule has 0 aliphatic carbocycles. The molecule has 0 fully saturated rings. The summed E-state index contributed by atoms with van der Waals surface area (Å²) >= 11 is 1.45. The number of benzene rings is 1. The molecule has 0 bridgehead atoms. The summed E-state index contributed by atoms with van der Waals surface area (Å²) in [7, 11) is 0. The van der Waals surface area contributed by atoms with Crippen LogP contribution in [0.15, 0.2) is 33.9 Å². The molecule has 6 heteroatoms. The Hall–Kier alpha value is -1.40. The van der Waals surface area contributed by atoms with Gasteiger partial charge in [0.2, 0.25) is 5.89 Å². The van der Waals surface area contributed by atoms with Gasteiger partial charge in [-0.15, -0.1) is 10.2 Å². The second-order valence-electron chi connectivity index (χ2n) is 4.12. The van der Waals surface area contributed by atoms with Gasteiger partial charge in [0, 0.05) is 12.2 Å². The zero-order valence-corrected chi connectivity index (χ0v) is 11.3. The minimum Gasteiger partial charge on any atom is -0.416 e. The van der Waals surface area contributed by atoms with Gasteiger partial charge in [-0.2, -0.15) is 0 Å². The van der Waals surface area contributed by atoms with Crippen LogP contribution in [0.25, 0.3) is 0 Å². The maximum atomic E-state index is 12.7. The van der Waals surface area contributed by atoms with Crippen molar-refractivity contribution in [3.8, 4) is 0 Å². The van der Waals surface area contributed by atoms with E-state index in [-0.39, 0.29) is 5.82 Å². The summed E-state index contributed by atoms with van der Waals surface area (Å²) in [6.45, 7) is 0.681. The fourth-order valence-electron chi connectivity index (χ4n) is 1.54. The largest absolute Gasteiger partial charge is 0.416 e. The average molecular weight is 281 g/mol. The van der Waals surface area contributed by atoms with Crippen LogP contribution in [-0.4, -0.2) is 16.7 Å². The lowest BCUT2D eigenvalue weighted by atomic mass is 10.2. The predicted octanol–water partition coefficient (Wildman–Crippen LogP) is 2.78. The van der Waals surface area contributed by atoms with Gasteiger partial charge in [-0.3, -0.25) is 0 Å². The van der Waals surface area contributed by atoms with Gasteiger partial charge in [-0.25, -0.2) is 4.39 Å². The number of nitrogens with two attached hydrogens (primary N) is 1. The Kier molecular flexibility index (Phi) is 5.35. The van der Waals surface area contributed by atoms with Crippen molar-refractivity contribution in [3.05, 3.63) is 41.5 Å². The Bertz CT molecular complexity index is 501. The molecule has 2 rings (SSSR count). The number of thioether (sulfide) groups is 1. The van der Waals surface area contributed by atoms with Crippen molar-refractivity contribution in [2.75, 3.05) is 6.54 Å². The molecule has 102 valence electrons. The van der Waals surface area contributed by atoms with Crippen LogP contribution in [0.3, 0.4) is 0 Å². The van der Waals surface area contributed by atoms with Gasteiger partial charge >= 0.3 is 0 Å². The van der Waals surface area contributed by atoms with E-state index in [9.17, 15) is 4.39 Å². The minimum atomic E-state index is -0.228. The van der Waals surface area contributed by atoms with E-state index in [4.69, 9.17) is 10.2 Å². The zero-order chi connectivity index (χ0) is 13.5. The molecule has 0 unspecified atom stereocenters. The molecule has 0 saturated heterocycles. The SMILES string of the molecule is NCCCCc1nnc(SCc2ccc(F)cc2)o1. The van der Waals surface area contributed by atoms with Gasteiger partial charge < -0.3 is 10.2 Å². The van der Waals surface area contributed by atoms with Crippen LogP contribution in [0, 0.1) is 5.82 Å². The maximum absolute atomic E-state index is 12.7. The third-order valence-corrected chi connectivity index (χ3v) is 3.46. The van der Waals surface area contributed by atoms with Gasteiger partial charge in [0.15, 0.2) is 0 Å². The van der Waals surface area contributed by atoms with Crippen LogP contribution in [0.5, 0.6) is 0 Å². The van der Waals surface area contributed by atoms with Crippen molar-refractivity contribution in [1.82, 2.24) is 10.2 Å². The summed E-state index contributed by atoms with van der Waals surface area (Å²) in [4.78, 5) is 0. The lowest BCUT2D eigenvalue weighted by Gasteiger charge is -1.97. The predicted molar refractivity (Wildman–Crippen MR) is 72.3 cm³/mol. The van der Waals surface area contributed by atoms with E-state index in [0.717, 1.165) is 24.8 Å². The van der Waals surface area contributed by atoms with Crippen molar-refractivity contribution in [2.24, 2.45) is 5.73 Å². The molecule has 2 N–H and O–H groups in total. The topological polar surface area (TPSA) is 64.9 Å². The summed E-state index contributed by atoms with van der Waals surface area (Å²) in [5.41, 5.74) is 6.45. The highest BCUT2D eigenvalue weighted by Gasteiger charge is 2.06. The second-order valence-corrected chi connectivity index (χ2v) is 5.05. The average Bonchev–Trinajstić information content (AvgIpc) is 2.86. The first kappa shape index (κ1) is 14.0. The highest BCUT2D eigenvalue weighted by Crippen LogP contribution is 2.21. The summed E-state index contributed by atoms with van der Waals surface area (Å²) in [5.74, 6) is 1.11. The summed E-state index contributed by atoms with van der Waals surface area (Å²) in [6.07, 6.45) is 2.68. The molecule has 19 heavy (non-hydrogen) atoms. The van der Waals surface area contributed by atoms with Crippen LogP contribution in [0.4, 0.5) is 4.39 Å². The van der Waals surface area contributed by atoms with Crippen LogP contribution in [-0.2, 0) is 12.2 Å². The molecule has 1 aromatic carbocycles. The van der Waals surface area contributed by atoms with Crippen LogP contribution >= 0.6 is 11.8 Å². The monoisotopic (exact) mass is 281 g/mol. The first-order valence-corrected chi connectivity index (χ1v) is 7.16. The number of unbranched alkanes of at least 4 members (excludes halogenated alkanes) is 1. The van der Waals surface area contributed by atoms with Gasteiger partial charge in [0.1, 0.15) is 5.82 Å². The number of halogens is 1. The molecular weight excluding hydrogens is 265 g/mol. The molecule has 0 amide bonds. The van der Waals surface area contributed by atoms with Gasteiger partial charge in [0.05, 0.1) is 0 Å². The number of hydrogen-bond donors (Lipinski definition) is 1. The molecule has 1 heterocycles. The standard InChI is InChI=1S/C13H16FN3OS/c14-11-6-4-10(5-7-11)9-19-13-17-16-12(18-13)3-1-2-8-15/h4-7H,1-3,8-9,15H2. The molecule has 1 aromatic heterocycles. The Labute approximate surface area is 115 Å². The summed E-state index contributed by atoms with van der Waals surface area (Å²) < 4.78 is 18.2. The Balaban J connectivity index is 1.81. The van der Waals surface area contributed by atoms with E-state index in [1.54, 1.807) is 12.1 Å². The van der Waals surface area contributed by atoms with Crippen molar-refractivity contribution in [3.63, 3.8) is 0 Å². The normalized spacial score (nSPS) is 10.8. The molecule has 0 saturated carbocycles. The first-order chi connectivity index (χ1) is 9.28. The number of aryl methyl sites for hydroxylation is 1. The molecule has 0 radical (unpaired) electrons. The van der Waals surface area contributed by atoms with Crippen molar-refractivity contribution >= 4 is 11.8 Å². The number of nitrogens with zero attached hydrogens (tertiary/aromatic N) is 2. The fourth-order valence-corrected chi connectivity index (χ4v) is 2.28. The lowest BCUT2D eigenvalue weighted by Crippen LogP contribution is -1.98. The third kappa shape index (κ3) is 4.65. The van der Waals surface area contributed by atoms with Crippen molar-refractivity contribution < 1.29 is 8.81 Å². The van der Waals surface area contributed by atoms with Crippen molar-refractivity contribution in [1.29, 1.82) is 0 Å². The molecular formula is C13H16FN3OS. The third-order valence-electron chi connectivity index (χ3n) is 2.57. The molecule has 2 aromatic rings. The first-order valence-electron chi connectivity index (χ1n) is 6.17. The lowest BCUT2D eigenvalue weighted by molar-refractivity contribution is 0.408. The number of aromatic nitrogens is 2. The van der Waals surface area contributed by atoms with E-state index in [1.807, 2.05) is 0 Å². The smallest absolute Gasteiger partial charge is 0.276 e. The van der Waals surface area contributed by atoms with Gasteiger partial charge in [-0.05, 0) is 37.1 Å². The van der Waals surface area contributed by atoms with Crippen LogP contribution in [0.1, 0.15) is 24.3 Å². The number of rotatable bonds is 7. The minimum absolute atomic E-state index is 0.228. The van der Waals surface area contributed by atoms with Crippen LogP contribution < -0.4 is 5.73 Å². The summed E-state index contributed by atoms with van der Waals surface area (Å²) in [5, 5.41) is 8.49. The highest BCUT2D eigenvalue weighted by molar-refractivity contribution is 7.98. The fraction of sp³-hybridized carbons (Fsp3) is 0.385. The Morgan fingerprint density at radius 3 is 2.68 bits per heavy atom. The van der Waals surface area contributed by atoms with E-state index < -0.39 is 0 Å². The molecule has 0 aliphatic heterocycles. The molecule has 0 spiro atoms. The van der Waals surface area contributed by atoms with Crippen molar-refractivity contribution in [2.45, 2.75) is 30.2 Å². The van der Waals surface area contributed by atoms with Gasteiger partial charge in [0.25, 0.3) is 5.22 Å². The quantitative estimate of drug-likeness (QED) is 0.624. The number of hydrogen-bond acceptors (Lipinski definition) is 5. The second kappa shape index (κ2) is 7.25. The van der Waals surface area contributed by atoms with E-state index >= 15 is 0 Å². The summed E-state index contributed by atoms with van der Waals surface area (Å²) in [6, 6.07) is 6.39. The molecule has 0 atom stereocenters. The zero-order valence-electron chi connectivity index (χ0n) is 10.5. The van der Waals surface area contributed by atoms with Gasteiger partial charge in [-0.1, -0.05) is 23.9 Å². The Morgan fingerprint density at radius 1 is 1.16 bits per heavy atom. The highest BCUT2D eigenvalue weighted by atomic mass is 32.2. The van der Waals surface area contributed by atoms with E-state index in [2.05, 4.69) is 10.2 Å². The van der Waals surface area contributed by atoms with E-state index in [1.165, 1.54) is 23.9 Å².